The molecule has 5 heteroatoms. The molecule has 0 unspecified atom stereocenters. The number of carbonyl (C=O) groups excluding carboxylic acids is 1. The quantitative estimate of drug-likeness (QED) is 0.738. The number of carbonyl (C=O) groups is 1. The van der Waals surface area contributed by atoms with Gasteiger partial charge in [-0.3, -0.25) is 4.79 Å². The topological polar surface area (TPSA) is 80.9 Å². The summed E-state index contributed by atoms with van der Waals surface area (Å²) in [6, 6.07) is 10.2. The number of para-hydroxylation sites is 1. The second-order valence-electron chi connectivity index (χ2n) is 3.15. The highest BCUT2D eigenvalue weighted by Gasteiger charge is 2.09. The van der Waals surface area contributed by atoms with Gasteiger partial charge >= 0.3 is 0 Å². The maximum absolute atomic E-state index is 11.8. The average Bonchev–Trinajstić information content (AvgIpc) is 2.31. The number of nitrogens with one attached hydrogen (secondary N) is 1. The van der Waals surface area contributed by atoms with Gasteiger partial charge in [-0.15, -0.1) is 5.10 Å². The molecule has 0 aliphatic carbocycles. The molecule has 0 bridgehead atoms. The summed E-state index contributed by atoms with van der Waals surface area (Å²) in [6.07, 6.45) is 1.53. The van der Waals surface area contributed by atoms with Gasteiger partial charge in [0.25, 0.3) is 5.91 Å². The summed E-state index contributed by atoms with van der Waals surface area (Å²) in [5.74, 6) is 0.106. The van der Waals surface area contributed by atoms with Crippen molar-refractivity contribution in [2.75, 3.05) is 11.1 Å². The van der Waals surface area contributed by atoms with Gasteiger partial charge in [0.05, 0.1) is 5.56 Å². The van der Waals surface area contributed by atoms with E-state index < -0.39 is 0 Å². The third-order valence-electron chi connectivity index (χ3n) is 2.02. The SMILES string of the molecule is Nc1ccccc1C(=O)Nc1cccnn1. The number of rotatable bonds is 2. The molecule has 0 spiro atoms. The second-order valence-corrected chi connectivity index (χ2v) is 3.15. The number of nitrogens with zero attached hydrogens (tertiary/aromatic N) is 2. The van der Waals surface area contributed by atoms with Crippen molar-refractivity contribution in [3.05, 3.63) is 48.2 Å². The number of hydrogen-bond acceptors (Lipinski definition) is 4. The van der Waals surface area contributed by atoms with Crippen molar-refractivity contribution < 1.29 is 4.79 Å². The second kappa shape index (κ2) is 4.39. The molecule has 5 nitrogen and oxygen atoms in total. The van der Waals surface area contributed by atoms with Gasteiger partial charge in [0.1, 0.15) is 0 Å². The van der Waals surface area contributed by atoms with E-state index in [9.17, 15) is 4.79 Å². The molecule has 0 aliphatic rings. The van der Waals surface area contributed by atoms with E-state index in [-0.39, 0.29) is 5.91 Å². The van der Waals surface area contributed by atoms with Crippen LogP contribution in [0.1, 0.15) is 10.4 Å². The fraction of sp³-hybridized carbons (Fsp3) is 0. The van der Waals surface area contributed by atoms with E-state index in [0.717, 1.165) is 0 Å². The van der Waals surface area contributed by atoms with Gasteiger partial charge in [0.15, 0.2) is 5.82 Å². The average molecular weight is 214 g/mol. The maximum Gasteiger partial charge on any atom is 0.258 e. The Labute approximate surface area is 92.3 Å². The highest BCUT2D eigenvalue weighted by Crippen LogP contribution is 2.12. The van der Waals surface area contributed by atoms with Crippen LogP contribution in [0.4, 0.5) is 11.5 Å². The standard InChI is InChI=1S/C11H10N4O/c12-9-5-2-1-4-8(9)11(16)14-10-6-3-7-13-15-10/h1-7H,12H2,(H,14,15,16). The molecule has 0 atom stereocenters. The van der Waals surface area contributed by atoms with Crippen molar-refractivity contribution in [3.63, 3.8) is 0 Å². The minimum atomic E-state index is -0.293. The molecular formula is C11H10N4O. The smallest absolute Gasteiger partial charge is 0.258 e. The number of aromatic nitrogens is 2. The molecule has 1 aromatic carbocycles. The summed E-state index contributed by atoms with van der Waals surface area (Å²) in [7, 11) is 0. The molecular weight excluding hydrogens is 204 g/mol. The molecule has 80 valence electrons. The van der Waals surface area contributed by atoms with Gasteiger partial charge in [-0.1, -0.05) is 12.1 Å². The molecule has 3 N–H and O–H groups in total. The van der Waals surface area contributed by atoms with Crippen LogP contribution in [0.2, 0.25) is 0 Å². The number of anilines is 2. The molecule has 1 heterocycles. The van der Waals surface area contributed by atoms with E-state index in [4.69, 9.17) is 5.73 Å². The Hall–Kier alpha value is -2.43. The summed E-state index contributed by atoms with van der Waals surface area (Å²) in [4.78, 5) is 11.8. The largest absolute Gasteiger partial charge is 0.398 e. The van der Waals surface area contributed by atoms with Crippen molar-refractivity contribution in [2.45, 2.75) is 0 Å². The number of amides is 1. The molecule has 16 heavy (non-hydrogen) atoms. The zero-order chi connectivity index (χ0) is 11.4. The zero-order valence-electron chi connectivity index (χ0n) is 8.42. The number of nitrogen functional groups attached to an aromatic ring is 1. The normalized spacial score (nSPS) is 9.75. The summed E-state index contributed by atoms with van der Waals surface area (Å²) in [5, 5.41) is 10.0. The van der Waals surface area contributed by atoms with Gasteiger partial charge < -0.3 is 11.1 Å². The summed E-state index contributed by atoms with van der Waals surface area (Å²) < 4.78 is 0. The molecule has 1 aromatic heterocycles. The highest BCUT2D eigenvalue weighted by molar-refractivity contribution is 6.07. The monoisotopic (exact) mass is 214 g/mol. The maximum atomic E-state index is 11.8. The van der Waals surface area contributed by atoms with E-state index in [1.165, 1.54) is 6.20 Å². The first kappa shape index (κ1) is 10.1. The Morgan fingerprint density at radius 2 is 2.00 bits per heavy atom. The highest BCUT2D eigenvalue weighted by atomic mass is 16.1. The van der Waals surface area contributed by atoms with Crippen molar-refractivity contribution in [3.8, 4) is 0 Å². The molecule has 0 saturated carbocycles. The lowest BCUT2D eigenvalue weighted by Crippen LogP contribution is -2.14. The fourth-order valence-electron chi connectivity index (χ4n) is 1.26. The lowest BCUT2D eigenvalue weighted by atomic mass is 10.1. The molecule has 0 aliphatic heterocycles. The first-order chi connectivity index (χ1) is 7.77. The van der Waals surface area contributed by atoms with Crippen molar-refractivity contribution >= 4 is 17.4 Å². The Morgan fingerprint density at radius 1 is 1.19 bits per heavy atom. The van der Waals surface area contributed by atoms with Crippen LogP contribution < -0.4 is 11.1 Å². The van der Waals surface area contributed by atoms with Crippen LogP contribution in [0, 0.1) is 0 Å². The lowest BCUT2D eigenvalue weighted by molar-refractivity contribution is 0.102. The van der Waals surface area contributed by atoms with Crippen LogP contribution in [0.25, 0.3) is 0 Å². The number of hydrogen-bond donors (Lipinski definition) is 2. The van der Waals surface area contributed by atoms with Crippen LogP contribution in [-0.4, -0.2) is 16.1 Å². The van der Waals surface area contributed by atoms with Crippen LogP contribution in [0.3, 0.4) is 0 Å². The first-order valence-electron chi connectivity index (χ1n) is 4.71. The molecule has 1 amide bonds. The van der Waals surface area contributed by atoms with Crippen molar-refractivity contribution in [1.82, 2.24) is 10.2 Å². The third-order valence-corrected chi connectivity index (χ3v) is 2.02. The van der Waals surface area contributed by atoms with Crippen molar-refractivity contribution in [1.29, 1.82) is 0 Å². The van der Waals surface area contributed by atoms with Crippen LogP contribution in [-0.2, 0) is 0 Å². The van der Waals surface area contributed by atoms with E-state index in [2.05, 4.69) is 15.5 Å². The molecule has 0 saturated heterocycles. The van der Waals surface area contributed by atoms with Gasteiger partial charge in [0.2, 0.25) is 0 Å². The Bertz CT molecular complexity index is 498. The predicted molar refractivity (Wildman–Crippen MR) is 60.8 cm³/mol. The number of benzene rings is 1. The zero-order valence-corrected chi connectivity index (χ0v) is 8.42. The van der Waals surface area contributed by atoms with E-state index >= 15 is 0 Å². The van der Waals surface area contributed by atoms with Gasteiger partial charge in [-0.2, -0.15) is 5.10 Å². The third kappa shape index (κ3) is 2.14. The Morgan fingerprint density at radius 3 is 2.69 bits per heavy atom. The van der Waals surface area contributed by atoms with Gasteiger partial charge in [-0.05, 0) is 24.3 Å². The first-order valence-corrected chi connectivity index (χ1v) is 4.71. The van der Waals surface area contributed by atoms with Gasteiger partial charge in [-0.25, -0.2) is 0 Å². The minimum absolute atomic E-state index is 0.293. The summed E-state index contributed by atoms with van der Waals surface area (Å²) >= 11 is 0. The van der Waals surface area contributed by atoms with Crippen LogP contribution >= 0.6 is 0 Å². The molecule has 0 fully saturated rings. The van der Waals surface area contributed by atoms with Crippen molar-refractivity contribution in [2.24, 2.45) is 0 Å². The Kier molecular flexibility index (Phi) is 2.77. The van der Waals surface area contributed by atoms with E-state index in [0.29, 0.717) is 17.1 Å². The lowest BCUT2D eigenvalue weighted by Gasteiger charge is -2.05. The van der Waals surface area contributed by atoms with E-state index in [1.54, 1.807) is 36.4 Å². The molecule has 0 radical (unpaired) electrons. The predicted octanol–water partition coefficient (Wildman–Crippen LogP) is 1.31. The van der Waals surface area contributed by atoms with Crippen LogP contribution in [0.15, 0.2) is 42.6 Å². The summed E-state index contributed by atoms with van der Waals surface area (Å²) in [5.41, 5.74) is 6.54. The Balaban J connectivity index is 2.19. The minimum Gasteiger partial charge on any atom is -0.398 e. The van der Waals surface area contributed by atoms with E-state index in [1.807, 2.05) is 0 Å². The summed E-state index contributed by atoms with van der Waals surface area (Å²) in [6.45, 7) is 0. The number of nitrogens with two attached hydrogens (primary N) is 1. The molecule has 2 rings (SSSR count). The van der Waals surface area contributed by atoms with Gasteiger partial charge in [0, 0.05) is 11.9 Å². The molecule has 2 aromatic rings. The fourth-order valence-corrected chi connectivity index (χ4v) is 1.26. The van der Waals surface area contributed by atoms with Crippen LogP contribution in [0.5, 0.6) is 0 Å².